The molecular formula is C22H26N4O2S. The number of nitrogens with one attached hydrogen (secondary N) is 2. The number of fused-ring (bicyclic) bond motifs is 2. The monoisotopic (exact) mass is 410 g/mol. The lowest BCUT2D eigenvalue weighted by Gasteiger charge is -2.09. The summed E-state index contributed by atoms with van der Waals surface area (Å²) in [6.45, 7) is 8.86. The van der Waals surface area contributed by atoms with Crippen LogP contribution in [0.1, 0.15) is 42.3 Å². The van der Waals surface area contributed by atoms with E-state index < -0.39 is 0 Å². The molecule has 1 aliphatic heterocycles. The van der Waals surface area contributed by atoms with Crippen LogP contribution in [0.4, 0.5) is 15.5 Å². The van der Waals surface area contributed by atoms with E-state index in [-0.39, 0.29) is 11.6 Å². The number of carbonyl (C=O) groups is 1. The van der Waals surface area contributed by atoms with E-state index in [0.717, 1.165) is 41.9 Å². The van der Waals surface area contributed by atoms with Crippen molar-refractivity contribution in [2.24, 2.45) is 5.92 Å². The molecule has 3 aromatic rings. The van der Waals surface area contributed by atoms with Gasteiger partial charge in [-0.2, -0.15) is 0 Å². The van der Waals surface area contributed by atoms with Gasteiger partial charge in [-0.1, -0.05) is 24.3 Å². The maximum absolute atomic E-state index is 13.1. The Balaban J connectivity index is 1.62. The highest BCUT2D eigenvalue weighted by Gasteiger charge is 2.21. The number of anilines is 2. The number of hydrogen-bond donors (Lipinski definition) is 2. The minimum atomic E-state index is -0.321. The van der Waals surface area contributed by atoms with E-state index in [2.05, 4.69) is 17.6 Å². The molecule has 0 aliphatic carbocycles. The third-order valence-corrected chi connectivity index (χ3v) is 6.93. The van der Waals surface area contributed by atoms with Gasteiger partial charge in [-0.05, 0) is 68.4 Å². The van der Waals surface area contributed by atoms with Crippen molar-refractivity contribution in [3.8, 4) is 0 Å². The van der Waals surface area contributed by atoms with Crippen LogP contribution in [0.15, 0.2) is 23.0 Å². The van der Waals surface area contributed by atoms with Crippen LogP contribution in [0, 0.1) is 26.7 Å². The minimum absolute atomic E-state index is 0.00969. The second-order valence-corrected chi connectivity index (χ2v) is 9.03. The number of carbonyl (C=O) groups excluding carboxylic acids is 1. The van der Waals surface area contributed by atoms with Gasteiger partial charge in [-0.25, -0.2) is 9.78 Å². The van der Waals surface area contributed by atoms with E-state index in [1.54, 1.807) is 0 Å². The summed E-state index contributed by atoms with van der Waals surface area (Å²) in [7, 11) is 0. The molecule has 29 heavy (non-hydrogen) atoms. The Kier molecular flexibility index (Phi) is 5.17. The molecule has 7 heteroatoms. The largest absolute Gasteiger partial charge is 0.324 e. The molecule has 0 radical (unpaired) electrons. The Hall–Kier alpha value is -2.67. The Morgan fingerprint density at radius 2 is 1.97 bits per heavy atom. The lowest BCUT2D eigenvalue weighted by atomic mass is 10.0. The predicted octanol–water partition coefficient (Wildman–Crippen LogP) is 5.00. The zero-order valence-corrected chi connectivity index (χ0v) is 18.1. The van der Waals surface area contributed by atoms with Crippen molar-refractivity contribution in [2.45, 2.75) is 53.5 Å². The lowest BCUT2D eigenvalue weighted by molar-refractivity contribution is 0.262. The van der Waals surface area contributed by atoms with Crippen molar-refractivity contribution < 1.29 is 4.79 Å². The van der Waals surface area contributed by atoms with Crippen LogP contribution < -0.4 is 16.2 Å². The van der Waals surface area contributed by atoms with Gasteiger partial charge in [0.1, 0.15) is 15.7 Å². The predicted molar refractivity (Wildman–Crippen MR) is 119 cm³/mol. The summed E-state index contributed by atoms with van der Waals surface area (Å²) >= 11 is 1.37. The number of nitrogens with zero attached hydrogens (tertiary/aromatic N) is 2. The average molecular weight is 411 g/mol. The molecule has 2 amide bonds. The van der Waals surface area contributed by atoms with Crippen molar-refractivity contribution in [1.82, 2.24) is 9.55 Å². The second kappa shape index (κ2) is 7.63. The van der Waals surface area contributed by atoms with Crippen molar-refractivity contribution in [3.63, 3.8) is 0 Å². The molecule has 0 bridgehead atoms. The SMILES string of the molecule is Cc1ccc(NC(=O)Nc2sc3nc4n(c(=O)c3c2C)CC[C@H](C)CC4)cc1C. The van der Waals surface area contributed by atoms with E-state index >= 15 is 0 Å². The summed E-state index contributed by atoms with van der Waals surface area (Å²) in [5.41, 5.74) is 3.83. The standard InChI is InChI=1S/C22H26N4O2S/c1-12-5-8-17-24-20-18(21(27)26(17)10-9-12)15(4)19(29-20)25-22(28)23-16-7-6-13(2)14(3)11-16/h6-7,11-12H,5,8-10H2,1-4H3,(H2,23,25,28)/t12-/m1/s1. The third-order valence-electron chi connectivity index (χ3n) is 5.83. The molecule has 0 unspecified atom stereocenters. The molecule has 152 valence electrons. The van der Waals surface area contributed by atoms with Gasteiger partial charge in [-0.3, -0.25) is 14.7 Å². The average Bonchev–Trinajstić information content (AvgIpc) is 2.84. The maximum atomic E-state index is 13.1. The first-order chi connectivity index (χ1) is 13.8. The molecular weight excluding hydrogens is 384 g/mol. The molecule has 0 saturated heterocycles. The van der Waals surface area contributed by atoms with Crippen LogP contribution in [0.3, 0.4) is 0 Å². The van der Waals surface area contributed by atoms with Crippen LogP contribution in [-0.4, -0.2) is 15.6 Å². The number of amides is 2. The van der Waals surface area contributed by atoms with Crippen molar-refractivity contribution in [1.29, 1.82) is 0 Å². The van der Waals surface area contributed by atoms with Crippen LogP contribution in [-0.2, 0) is 13.0 Å². The first kappa shape index (κ1) is 19.6. The number of benzene rings is 1. The van der Waals surface area contributed by atoms with E-state index in [9.17, 15) is 9.59 Å². The van der Waals surface area contributed by atoms with Crippen LogP contribution in [0.25, 0.3) is 10.2 Å². The molecule has 4 rings (SSSR count). The zero-order chi connectivity index (χ0) is 20.7. The van der Waals surface area contributed by atoms with Crippen LogP contribution in [0.5, 0.6) is 0 Å². The molecule has 2 aromatic heterocycles. The number of aromatic nitrogens is 2. The van der Waals surface area contributed by atoms with E-state index in [4.69, 9.17) is 4.98 Å². The number of rotatable bonds is 2. The molecule has 1 aliphatic rings. The van der Waals surface area contributed by atoms with Gasteiger partial charge in [0.25, 0.3) is 5.56 Å². The highest BCUT2D eigenvalue weighted by atomic mass is 32.1. The fraction of sp³-hybridized carbons (Fsp3) is 0.409. The Labute approximate surface area is 174 Å². The van der Waals surface area contributed by atoms with Crippen LogP contribution >= 0.6 is 11.3 Å². The molecule has 6 nitrogen and oxygen atoms in total. The first-order valence-corrected chi connectivity index (χ1v) is 10.8. The van der Waals surface area contributed by atoms with Crippen molar-refractivity contribution >= 4 is 38.3 Å². The molecule has 1 aromatic carbocycles. The number of thiophene rings is 1. The van der Waals surface area contributed by atoms with Gasteiger partial charge in [0, 0.05) is 18.7 Å². The second-order valence-electron chi connectivity index (χ2n) is 8.03. The number of urea groups is 1. The molecule has 1 atom stereocenters. The normalized spacial score (nSPS) is 16.3. The summed E-state index contributed by atoms with van der Waals surface area (Å²) < 4.78 is 1.82. The quantitative estimate of drug-likeness (QED) is 0.624. The molecule has 0 saturated carbocycles. The molecule has 3 heterocycles. The van der Waals surface area contributed by atoms with E-state index in [1.165, 1.54) is 16.9 Å². The fourth-order valence-electron chi connectivity index (χ4n) is 3.75. The van der Waals surface area contributed by atoms with Gasteiger partial charge >= 0.3 is 6.03 Å². The topological polar surface area (TPSA) is 76.0 Å². The lowest BCUT2D eigenvalue weighted by Crippen LogP contribution is -2.24. The summed E-state index contributed by atoms with van der Waals surface area (Å²) in [4.78, 5) is 31.1. The first-order valence-electron chi connectivity index (χ1n) is 10.0. The Morgan fingerprint density at radius 1 is 1.17 bits per heavy atom. The maximum Gasteiger partial charge on any atom is 0.324 e. The molecule has 0 spiro atoms. The molecule has 0 fully saturated rings. The Morgan fingerprint density at radius 3 is 2.72 bits per heavy atom. The smallest absolute Gasteiger partial charge is 0.308 e. The highest BCUT2D eigenvalue weighted by Crippen LogP contribution is 2.33. The van der Waals surface area contributed by atoms with E-state index in [1.807, 2.05) is 43.5 Å². The Bertz CT molecular complexity index is 1160. The van der Waals surface area contributed by atoms with Crippen LogP contribution in [0.2, 0.25) is 0 Å². The van der Waals surface area contributed by atoms with Gasteiger partial charge in [0.15, 0.2) is 0 Å². The third kappa shape index (κ3) is 3.79. The summed E-state index contributed by atoms with van der Waals surface area (Å²) in [5.74, 6) is 1.46. The van der Waals surface area contributed by atoms with Gasteiger partial charge in [-0.15, -0.1) is 0 Å². The molecule has 2 N–H and O–H groups in total. The number of hydrogen-bond acceptors (Lipinski definition) is 4. The zero-order valence-electron chi connectivity index (χ0n) is 17.3. The summed E-state index contributed by atoms with van der Waals surface area (Å²) in [6, 6.07) is 5.48. The van der Waals surface area contributed by atoms with Crippen molar-refractivity contribution in [3.05, 3.63) is 51.1 Å². The number of aryl methyl sites for hydroxylation is 4. The van der Waals surface area contributed by atoms with Gasteiger partial charge in [0.05, 0.1) is 5.39 Å². The fourth-order valence-corrected chi connectivity index (χ4v) is 4.84. The van der Waals surface area contributed by atoms with Gasteiger partial charge < -0.3 is 5.32 Å². The highest BCUT2D eigenvalue weighted by molar-refractivity contribution is 7.22. The van der Waals surface area contributed by atoms with E-state index in [0.29, 0.717) is 27.7 Å². The summed E-state index contributed by atoms with van der Waals surface area (Å²) in [5, 5.41) is 7.05. The van der Waals surface area contributed by atoms with Crippen molar-refractivity contribution in [2.75, 3.05) is 10.6 Å². The summed E-state index contributed by atoms with van der Waals surface area (Å²) in [6.07, 6.45) is 2.86. The minimum Gasteiger partial charge on any atom is -0.308 e. The van der Waals surface area contributed by atoms with Gasteiger partial charge in [0.2, 0.25) is 0 Å².